The van der Waals surface area contributed by atoms with E-state index in [2.05, 4.69) is 22.5 Å². The standard InChI is InChI=1S/C14H25N3O2.C11H11NO2.C2H6/c1-10-4-3-7-17(10)14(19)12(15-2)6-5-11-8-13(11)16-9-18;1-7-10-5-8(13)3-4-9(10)11(14-2)6-12-7;1-2/h9-13,15H,3-8H2,1-2H3,(H,16,18);3-6,13H,1-2H3;1-2H3/t10?,11-,12?,13?;;/m1../s1. The van der Waals surface area contributed by atoms with Crippen molar-refractivity contribution in [3.63, 3.8) is 0 Å². The fraction of sp³-hybridized carbons (Fsp3) is 0.593. The van der Waals surface area contributed by atoms with Gasteiger partial charge < -0.3 is 25.4 Å². The summed E-state index contributed by atoms with van der Waals surface area (Å²) in [6, 6.07) is 5.82. The van der Waals surface area contributed by atoms with Gasteiger partial charge in [-0.3, -0.25) is 14.6 Å². The third-order valence-corrected chi connectivity index (χ3v) is 6.77. The molecule has 194 valence electrons. The lowest BCUT2D eigenvalue weighted by molar-refractivity contribution is -0.134. The molecule has 1 aliphatic carbocycles. The number of rotatable bonds is 8. The number of likely N-dealkylation sites (N-methyl/N-ethyl adjacent to an activating group) is 1. The minimum absolute atomic E-state index is 0.0713. The number of benzene rings is 1. The fourth-order valence-electron chi connectivity index (χ4n) is 4.59. The van der Waals surface area contributed by atoms with Crippen LogP contribution in [0.3, 0.4) is 0 Å². The lowest BCUT2D eigenvalue weighted by Gasteiger charge is -2.26. The summed E-state index contributed by atoms with van der Waals surface area (Å²) in [6.07, 6.45) is 7.63. The van der Waals surface area contributed by atoms with E-state index in [1.54, 1.807) is 25.4 Å². The maximum absolute atomic E-state index is 12.4. The van der Waals surface area contributed by atoms with Crippen molar-refractivity contribution in [1.82, 2.24) is 20.5 Å². The van der Waals surface area contributed by atoms with Crippen molar-refractivity contribution >= 4 is 23.1 Å². The number of hydrogen-bond donors (Lipinski definition) is 3. The summed E-state index contributed by atoms with van der Waals surface area (Å²) in [6.45, 7) is 8.93. The number of nitrogens with zero attached hydrogens (tertiary/aromatic N) is 2. The zero-order valence-corrected chi connectivity index (χ0v) is 22.0. The van der Waals surface area contributed by atoms with Crippen LogP contribution in [0.5, 0.6) is 11.5 Å². The van der Waals surface area contributed by atoms with E-state index in [9.17, 15) is 14.7 Å². The molecule has 8 heteroatoms. The maximum Gasteiger partial charge on any atom is 0.239 e. The maximum atomic E-state index is 12.4. The molecule has 3 N–H and O–H groups in total. The number of amides is 2. The highest BCUT2D eigenvalue weighted by atomic mass is 16.5. The topological polar surface area (TPSA) is 104 Å². The highest BCUT2D eigenvalue weighted by molar-refractivity contribution is 5.90. The van der Waals surface area contributed by atoms with Crippen molar-refractivity contribution in [2.24, 2.45) is 5.92 Å². The Morgan fingerprint density at radius 3 is 2.69 bits per heavy atom. The Labute approximate surface area is 209 Å². The van der Waals surface area contributed by atoms with Crippen molar-refractivity contribution in [2.75, 3.05) is 20.7 Å². The van der Waals surface area contributed by atoms with E-state index < -0.39 is 0 Å². The predicted molar refractivity (Wildman–Crippen MR) is 140 cm³/mol. The summed E-state index contributed by atoms with van der Waals surface area (Å²) in [5, 5.41) is 17.2. The molecule has 2 amide bonds. The van der Waals surface area contributed by atoms with Crippen LogP contribution in [0.25, 0.3) is 10.8 Å². The van der Waals surface area contributed by atoms with Crippen molar-refractivity contribution in [2.45, 2.75) is 77.9 Å². The molecule has 3 unspecified atom stereocenters. The van der Waals surface area contributed by atoms with E-state index in [4.69, 9.17) is 4.74 Å². The Kier molecular flexibility index (Phi) is 11.2. The molecular weight excluding hydrogens is 444 g/mol. The second kappa shape index (κ2) is 13.9. The van der Waals surface area contributed by atoms with E-state index in [1.165, 1.54) is 0 Å². The average molecular weight is 487 g/mol. The lowest BCUT2D eigenvalue weighted by Crippen LogP contribution is -2.46. The number of aromatic hydroxyl groups is 1. The van der Waals surface area contributed by atoms with Crippen molar-refractivity contribution in [1.29, 1.82) is 0 Å². The summed E-state index contributed by atoms with van der Waals surface area (Å²) in [4.78, 5) is 28.9. The van der Waals surface area contributed by atoms with Gasteiger partial charge in [-0.15, -0.1) is 0 Å². The van der Waals surface area contributed by atoms with Gasteiger partial charge in [-0.2, -0.15) is 0 Å². The van der Waals surface area contributed by atoms with Gasteiger partial charge in [-0.25, -0.2) is 0 Å². The SMILES string of the molecule is CC.CNC(CC[C@@H]1CC1NC=O)C(=O)N1CCCC1C.COc1cnc(C)c2cc(O)ccc12. The van der Waals surface area contributed by atoms with Crippen molar-refractivity contribution in [3.05, 3.63) is 30.1 Å². The number of carbonyl (C=O) groups excluding carboxylic acids is 2. The first-order chi connectivity index (χ1) is 16.9. The summed E-state index contributed by atoms with van der Waals surface area (Å²) < 4.78 is 5.18. The molecule has 0 spiro atoms. The molecule has 4 atom stereocenters. The number of phenols is 1. The third kappa shape index (κ3) is 7.56. The molecule has 4 rings (SSSR count). The molecular formula is C27H42N4O4. The van der Waals surface area contributed by atoms with Gasteiger partial charge in [0.05, 0.1) is 19.3 Å². The number of aryl methyl sites for hydroxylation is 1. The first kappa shape index (κ1) is 28.4. The van der Waals surface area contributed by atoms with Gasteiger partial charge in [0.15, 0.2) is 0 Å². The fourth-order valence-corrected chi connectivity index (χ4v) is 4.59. The van der Waals surface area contributed by atoms with Gasteiger partial charge in [0, 0.05) is 35.1 Å². The van der Waals surface area contributed by atoms with Crippen LogP contribution in [0, 0.1) is 12.8 Å². The van der Waals surface area contributed by atoms with Crippen LogP contribution in [0.2, 0.25) is 0 Å². The minimum atomic E-state index is -0.0713. The molecule has 2 heterocycles. The van der Waals surface area contributed by atoms with Crippen LogP contribution < -0.4 is 15.4 Å². The van der Waals surface area contributed by atoms with Crippen LogP contribution in [-0.2, 0) is 9.59 Å². The van der Waals surface area contributed by atoms with E-state index in [0.717, 1.165) is 67.3 Å². The Balaban J connectivity index is 0.000000239. The molecule has 1 aromatic heterocycles. The molecule has 2 fully saturated rings. The normalized spacial score (nSPS) is 21.2. The molecule has 8 nitrogen and oxygen atoms in total. The number of methoxy groups -OCH3 is 1. The molecule has 0 radical (unpaired) electrons. The molecule has 2 aliphatic rings. The van der Waals surface area contributed by atoms with E-state index >= 15 is 0 Å². The number of nitrogens with one attached hydrogen (secondary N) is 2. The Bertz CT molecular complexity index is 968. The quantitative estimate of drug-likeness (QED) is 0.491. The van der Waals surface area contributed by atoms with Crippen molar-refractivity contribution < 1.29 is 19.4 Å². The second-order valence-corrected chi connectivity index (χ2v) is 8.97. The molecule has 1 aliphatic heterocycles. The van der Waals surface area contributed by atoms with Crippen LogP contribution in [0.1, 0.15) is 58.6 Å². The lowest BCUT2D eigenvalue weighted by atomic mass is 10.1. The predicted octanol–water partition coefficient (Wildman–Crippen LogP) is 3.78. The van der Waals surface area contributed by atoms with Gasteiger partial charge in [0.25, 0.3) is 0 Å². The Morgan fingerprint density at radius 1 is 1.34 bits per heavy atom. The van der Waals surface area contributed by atoms with E-state index in [1.807, 2.05) is 38.8 Å². The minimum Gasteiger partial charge on any atom is -0.508 e. The third-order valence-electron chi connectivity index (χ3n) is 6.77. The first-order valence-corrected chi connectivity index (χ1v) is 12.7. The molecule has 35 heavy (non-hydrogen) atoms. The van der Waals surface area contributed by atoms with Crippen molar-refractivity contribution in [3.8, 4) is 11.5 Å². The van der Waals surface area contributed by atoms with Crippen LogP contribution in [0.4, 0.5) is 0 Å². The summed E-state index contributed by atoms with van der Waals surface area (Å²) >= 11 is 0. The summed E-state index contributed by atoms with van der Waals surface area (Å²) in [7, 11) is 3.47. The van der Waals surface area contributed by atoms with Gasteiger partial charge in [0.2, 0.25) is 12.3 Å². The number of ether oxygens (including phenoxy) is 1. The van der Waals surface area contributed by atoms with E-state index in [0.29, 0.717) is 18.0 Å². The molecule has 1 aromatic carbocycles. The Morgan fingerprint density at radius 2 is 2.09 bits per heavy atom. The van der Waals surface area contributed by atoms with Crippen LogP contribution in [0.15, 0.2) is 24.4 Å². The van der Waals surface area contributed by atoms with Crippen LogP contribution in [-0.4, -0.2) is 66.1 Å². The van der Waals surface area contributed by atoms with E-state index in [-0.39, 0.29) is 17.7 Å². The number of aromatic nitrogens is 1. The highest BCUT2D eigenvalue weighted by Crippen LogP contribution is 2.35. The molecule has 0 bridgehead atoms. The summed E-state index contributed by atoms with van der Waals surface area (Å²) in [5.41, 5.74) is 0.886. The molecule has 2 aromatic rings. The number of phenolic OH excluding ortho intramolecular Hbond substituents is 1. The zero-order valence-electron chi connectivity index (χ0n) is 22.0. The van der Waals surface area contributed by atoms with Gasteiger partial charge in [-0.05, 0) is 77.1 Å². The smallest absolute Gasteiger partial charge is 0.239 e. The molecule has 1 saturated carbocycles. The van der Waals surface area contributed by atoms with Gasteiger partial charge in [-0.1, -0.05) is 13.8 Å². The monoisotopic (exact) mass is 486 g/mol. The number of carbonyl (C=O) groups is 2. The number of hydrogen-bond acceptors (Lipinski definition) is 6. The number of pyridine rings is 1. The molecule has 1 saturated heterocycles. The number of likely N-dealkylation sites (tertiary alicyclic amines) is 1. The first-order valence-electron chi connectivity index (χ1n) is 12.7. The van der Waals surface area contributed by atoms with Gasteiger partial charge >= 0.3 is 0 Å². The number of fused-ring (bicyclic) bond motifs is 1. The van der Waals surface area contributed by atoms with Crippen LogP contribution >= 0.6 is 0 Å². The van der Waals surface area contributed by atoms with Gasteiger partial charge in [0.1, 0.15) is 11.5 Å². The Hall–Kier alpha value is -2.87. The second-order valence-electron chi connectivity index (χ2n) is 8.97. The zero-order chi connectivity index (χ0) is 26.0. The largest absolute Gasteiger partial charge is 0.508 e. The average Bonchev–Trinajstić information content (AvgIpc) is 3.47. The highest BCUT2D eigenvalue weighted by Gasteiger charge is 2.38. The summed E-state index contributed by atoms with van der Waals surface area (Å²) in [5.74, 6) is 1.78.